The lowest BCUT2D eigenvalue weighted by molar-refractivity contribution is 0.447. The summed E-state index contributed by atoms with van der Waals surface area (Å²) in [5, 5.41) is 20.8. The van der Waals surface area contributed by atoms with E-state index in [1.165, 1.54) is 25.7 Å². The van der Waals surface area contributed by atoms with Crippen LogP contribution in [0.1, 0.15) is 73.6 Å². The van der Waals surface area contributed by atoms with Crippen LogP contribution in [-0.2, 0) is 0 Å². The van der Waals surface area contributed by atoms with Crippen LogP contribution in [0.3, 0.4) is 0 Å². The van der Waals surface area contributed by atoms with Crippen molar-refractivity contribution < 1.29 is 10.2 Å². The van der Waals surface area contributed by atoms with Gasteiger partial charge in [0.05, 0.1) is 0 Å². The third-order valence-corrected chi connectivity index (χ3v) is 4.71. The fourth-order valence-corrected chi connectivity index (χ4v) is 3.34. The lowest BCUT2D eigenvalue weighted by atomic mass is 9.84. The topological polar surface area (TPSA) is 40.5 Å². The molecular weight excluding hydrogens is 296 g/mol. The van der Waals surface area contributed by atoms with Gasteiger partial charge in [-0.2, -0.15) is 0 Å². The molecule has 0 saturated carbocycles. The van der Waals surface area contributed by atoms with Crippen LogP contribution >= 0.6 is 0 Å². The molecule has 0 radical (unpaired) electrons. The molecule has 0 aliphatic rings. The predicted molar refractivity (Wildman–Crippen MR) is 101 cm³/mol. The van der Waals surface area contributed by atoms with E-state index in [0.717, 1.165) is 35.1 Å². The second-order valence-corrected chi connectivity index (χ2v) is 6.88. The number of aromatic hydroxyl groups is 2. The van der Waals surface area contributed by atoms with Crippen molar-refractivity contribution in [3.63, 3.8) is 0 Å². The molecule has 2 nitrogen and oxygen atoms in total. The number of benzene rings is 2. The SMILES string of the molecule is CCCCCCCC(c1cc(C)ccc1O)c1cc(C)ccc1O. The molecule has 0 fully saturated rings. The van der Waals surface area contributed by atoms with Crippen molar-refractivity contribution in [2.75, 3.05) is 0 Å². The summed E-state index contributed by atoms with van der Waals surface area (Å²) in [5.74, 6) is 0.673. The summed E-state index contributed by atoms with van der Waals surface area (Å²) in [6.45, 7) is 6.30. The molecule has 0 unspecified atom stereocenters. The summed E-state index contributed by atoms with van der Waals surface area (Å²) in [6, 6.07) is 11.5. The third-order valence-electron chi connectivity index (χ3n) is 4.71. The Morgan fingerprint density at radius 1 is 0.750 bits per heavy atom. The van der Waals surface area contributed by atoms with E-state index >= 15 is 0 Å². The van der Waals surface area contributed by atoms with Crippen molar-refractivity contribution in [3.8, 4) is 11.5 Å². The Bertz CT molecular complexity index is 610. The van der Waals surface area contributed by atoms with E-state index in [1.807, 2.05) is 38.1 Å². The van der Waals surface area contributed by atoms with Crippen molar-refractivity contribution in [2.45, 2.75) is 65.2 Å². The average molecular weight is 326 g/mol. The van der Waals surface area contributed by atoms with Crippen LogP contribution < -0.4 is 0 Å². The summed E-state index contributed by atoms with van der Waals surface area (Å²) in [5.41, 5.74) is 4.11. The molecule has 0 heterocycles. The van der Waals surface area contributed by atoms with Gasteiger partial charge in [-0.15, -0.1) is 0 Å². The van der Waals surface area contributed by atoms with Crippen molar-refractivity contribution in [1.29, 1.82) is 0 Å². The first kappa shape index (κ1) is 18.4. The number of rotatable bonds is 8. The third kappa shape index (κ3) is 4.77. The van der Waals surface area contributed by atoms with Gasteiger partial charge < -0.3 is 10.2 Å². The minimum atomic E-state index is 0.0337. The summed E-state index contributed by atoms with van der Waals surface area (Å²) in [4.78, 5) is 0. The van der Waals surface area contributed by atoms with Crippen LogP contribution in [0.5, 0.6) is 11.5 Å². The standard InChI is InChI=1S/C22H30O2/c1-4-5-6-7-8-9-18(19-14-16(2)10-12-21(19)23)20-15-17(3)11-13-22(20)24/h10-15,18,23-24H,4-9H2,1-3H3. The van der Waals surface area contributed by atoms with Crippen molar-refractivity contribution in [1.82, 2.24) is 0 Å². The maximum atomic E-state index is 10.4. The Hall–Kier alpha value is -1.96. The van der Waals surface area contributed by atoms with Gasteiger partial charge >= 0.3 is 0 Å². The highest BCUT2D eigenvalue weighted by molar-refractivity contribution is 5.48. The zero-order valence-corrected chi connectivity index (χ0v) is 15.2. The molecule has 0 atom stereocenters. The molecule has 2 N–H and O–H groups in total. The number of hydrogen-bond donors (Lipinski definition) is 2. The fourth-order valence-electron chi connectivity index (χ4n) is 3.34. The van der Waals surface area contributed by atoms with Crippen LogP contribution in [0.25, 0.3) is 0 Å². The summed E-state index contributed by atoms with van der Waals surface area (Å²) >= 11 is 0. The van der Waals surface area contributed by atoms with Crippen LogP contribution in [0.15, 0.2) is 36.4 Å². The van der Waals surface area contributed by atoms with Gasteiger partial charge in [-0.1, -0.05) is 74.4 Å². The molecule has 0 aromatic heterocycles. The second kappa shape index (κ2) is 8.77. The van der Waals surface area contributed by atoms with Gasteiger partial charge in [0.15, 0.2) is 0 Å². The van der Waals surface area contributed by atoms with Gasteiger partial charge in [-0.3, -0.25) is 0 Å². The largest absolute Gasteiger partial charge is 0.508 e. The number of phenols is 2. The molecule has 0 bridgehead atoms. The summed E-state index contributed by atoms with van der Waals surface area (Å²) in [6.07, 6.45) is 7.01. The molecule has 0 amide bonds. The van der Waals surface area contributed by atoms with Crippen LogP contribution in [0.4, 0.5) is 0 Å². The Morgan fingerprint density at radius 2 is 1.25 bits per heavy atom. The van der Waals surface area contributed by atoms with Gasteiger partial charge in [-0.05, 0) is 32.4 Å². The van der Waals surface area contributed by atoms with Crippen molar-refractivity contribution >= 4 is 0 Å². The molecule has 0 aliphatic heterocycles. The first-order valence-corrected chi connectivity index (χ1v) is 9.12. The highest BCUT2D eigenvalue weighted by Crippen LogP contribution is 2.39. The van der Waals surface area contributed by atoms with Gasteiger partial charge in [0, 0.05) is 17.0 Å². The van der Waals surface area contributed by atoms with Crippen LogP contribution in [0.2, 0.25) is 0 Å². The first-order chi connectivity index (χ1) is 11.5. The summed E-state index contributed by atoms with van der Waals surface area (Å²) < 4.78 is 0. The minimum absolute atomic E-state index is 0.0337. The Labute approximate surface area is 146 Å². The van der Waals surface area contributed by atoms with E-state index in [0.29, 0.717) is 11.5 Å². The van der Waals surface area contributed by atoms with E-state index in [9.17, 15) is 10.2 Å². The molecule has 2 heteroatoms. The van der Waals surface area contributed by atoms with E-state index in [2.05, 4.69) is 6.92 Å². The quantitative estimate of drug-likeness (QED) is 0.566. The Morgan fingerprint density at radius 3 is 1.75 bits per heavy atom. The maximum Gasteiger partial charge on any atom is 0.119 e. The minimum Gasteiger partial charge on any atom is -0.508 e. The van der Waals surface area contributed by atoms with E-state index in [4.69, 9.17) is 0 Å². The molecule has 2 aromatic carbocycles. The van der Waals surface area contributed by atoms with Gasteiger partial charge in [0.25, 0.3) is 0 Å². The normalized spacial score (nSPS) is 11.2. The molecule has 2 rings (SSSR count). The molecule has 0 spiro atoms. The Balaban J connectivity index is 2.30. The van der Waals surface area contributed by atoms with Gasteiger partial charge in [0.1, 0.15) is 11.5 Å². The van der Waals surface area contributed by atoms with E-state index < -0.39 is 0 Å². The van der Waals surface area contributed by atoms with Gasteiger partial charge in [0.2, 0.25) is 0 Å². The lowest BCUT2D eigenvalue weighted by Crippen LogP contribution is -2.03. The molecule has 24 heavy (non-hydrogen) atoms. The summed E-state index contributed by atoms with van der Waals surface area (Å²) in [7, 11) is 0. The number of phenolic OH excluding ortho intramolecular Hbond substituents is 2. The lowest BCUT2D eigenvalue weighted by Gasteiger charge is -2.21. The molecule has 130 valence electrons. The molecule has 0 aliphatic carbocycles. The fraction of sp³-hybridized carbons (Fsp3) is 0.455. The van der Waals surface area contributed by atoms with Crippen molar-refractivity contribution in [2.24, 2.45) is 0 Å². The highest BCUT2D eigenvalue weighted by Gasteiger charge is 2.20. The second-order valence-electron chi connectivity index (χ2n) is 6.88. The molecule has 0 saturated heterocycles. The average Bonchev–Trinajstić information content (AvgIpc) is 2.56. The zero-order chi connectivity index (χ0) is 17.5. The first-order valence-electron chi connectivity index (χ1n) is 9.12. The Kier molecular flexibility index (Phi) is 6.72. The van der Waals surface area contributed by atoms with Crippen molar-refractivity contribution in [3.05, 3.63) is 58.7 Å². The number of hydrogen-bond acceptors (Lipinski definition) is 2. The van der Waals surface area contributed by atoms with Gasteiger partial charge in [-0.25, -0.2) is 0 Å². The molecule has 2 aromatic rings. The smallest absolute Gasteiger partial charge is 0.119 e. The maximum absolute atomic E-state index is 10.4. The monoisotopic (exact) mass is 326 g/mol. The highest BCUT2D eigenvalue weighted by atomic mass is 16.3. The predicted octanol–water partition coefficient (Wildman–Crippen LogP) is 6.21. The van der Waals surface area contributed by atoms with Crippen LogP contribution in [-0.4, -0.2) is 10.2 Å². The van der Waals surface area contributed by atoms with Crippen LogP contribution in [0, 0.1) is 13.8 Å². The zero-order valence-electron chi connectivity index (χ0n) is 15.2. The number of unbranched alkanes of at least 4 members (excludes halogenated alkanes) is 4. The number of aryl methyl sites for hydroxylation is 2. The van der Waals surface area contributed by atoms with E-state index in [1.54, 1.807) is 12.1 Å². The molecular formula is C22H30O2. The van der Waals surface area contributed by atoms with E-state index in [-0.39, 0.29) is 5.92 Å².